The highest BCUT2D eigenvalue weighted by Gasteiger charge is 2.19. The fourth-order valence-electron chi connectivity index (χ4n) is 3.02. The molecule has 1 aliphatic heterocycles. The number of nitrogens with one attached hydrogen (secondary N) is 2. The molecule has 2 rings (SSSR count). The predicted octanol–water partition coefficient (Wildman–Crippen LogP) is 2.55. The van der Waals surface area contributed by atoms with E-state index in [4.69, 9.17) is 4.74 Å². The summed E-state index contributed by atoms with van der Waals surface area (Å²) < 4.78 is 19.3. The van der Waals surface area contributed by atoms with E-state index in [1.807, 2.05) is 26.0 Å². The molecule has 0 spiro atoms. The molecular formula is C20H35FIN5O. The molecule has 0 saturated carbocycles. The number of halogens is 2. The number of anilines is 1. The lowest BCUT2D eigenvalue weighted by atomic mass is 10.1. The lowest BCUT2D eigenvalue weighted by molar-refractivity contribution is 0.0268. The number of rotatable bonds is 8. The van der Waals surface area contributed by atoms with Gasteiger partial charge in [-0.15, -0.1) is 24.0 Å². The van der Waals surface area contributed by atoms with Crippen molar-refractivity contribution in [1.29, 1.82) is 0 Å². The number of hydrogen-bond donors (Lipinski definition) is 2. The van der Waals surface area contributed by atoms with Gasteiger partial charge in [0.25, 0.3) is 0 Å². The van der Waals surface area contributed by atoms with Crippen molar-refractivity contribution in [2.24, 2.45) is 4.99 Å². The van der Waals surface area contributed by atoms with E-state index >= 15 is 0 Å². The Balaban J connectivity index is 0.00000392. The van der Waals surface area contributed by atoms with E-state index in [-0.39, 0.29) is 35.4 Å². The van der Waals surface area contributed by atoms with Crippen molar-refractivity contribution in [2.75, 3.05) is 64.9 Å². The fraction of sp³-hybridized carbons (Fsp3) is 0.650. The Morgan fingerprint density at radius 2 is 1.86 bits per heavy atom. The molecule has 0 aromatic heterocycles. The van der Waals surface area contributed by atoms with Crippen LogP contribution in [0, 0.1) is 5.82 Å². The highest BCUT2D eigenvalue weighted by molar-refractivity contribution is 14.0. The average molecular weight is 507 g/mol. The van der Waals surface area contributed by atoms with Gasteiger partial charge in [0, 0.05) is 53.4 Å². The molecule has 0 bridgehead atoms. The highest BCUT2D eigenvalue weighted by Crippen LogP contribution is 2.20. The smallest absolute Gasteiger partial charge is 0.191 e. The van der Waals surface area contributed by atoms with Crippen molar-refractivity contribution in [2.45, 2.75) is 25.9 Å². The van der Waals surface area contributed by atoms with E-state index in [0.29, 0.717) is 12.2 Å². The normalized spacial score (nSPS) is 15.9. The molecule has 1 fully saturated rings. The number of piperazine rings is 1. The molecule has 0 unspecified atom stereocenters. The lowest BCUT2D eigenvalue weighted by Gasteiger charge is -2.36. The number of para-hydroxylation sites is 1. The second-order valence-electron chi connectivity index (χ2n) is 7.45. The summed E-state index contributed by atoms with van der Waals surface area (Å²) in [5.41, 5.74) is 0.489. The van der Waals surface area contributed by atoms with Gasteiger partial charge in [0.15, 0.2) is 5.96 Å². The minimum atomic E-state index is -0.227. The summed E-state index contributed by atoms with van der Waals surface area (Å²) in [5, 5.41) is 6.63. The molecule has 0 amide bonds. The quantitative estimate of drug-likeness (QED) is 0.245. The number of ether oxygens (including phenoxy) is 1. The van der Waals surface area contributed by atoms with Gasteiger partial charge >= 0.3 is 0 Å². The van der Waals surface area contributed by atoms with E-state index in [2.05, 4.69) is 25.4 Å². The number of methoxy groups -OCH3 is 1. The highest BCUT2D eigenvalue weighted by atomic mass is 127. The number of guanidine groups is 1. The van der Waals surface area contributed by atoms with Crippen molar-refractivity contribution in [3.63, 3.8) is 0 Å². The van der Waals surface area contributed by atoms with Crippen molar-refractivity contribution >= 4 is 35.6 Å². The molecule has 2 N–H and O–H groups in total. The summed E-state index contributed by atoms with van der Waals surface area (Å²) >= 11 is 0. The fourth-order valence-corrected chi connectivity index (χ4v) is 3.02. The van der Waals surface area contributed by atoms with Crippen LogP contribution in [0.5, 0.6) is 0 Å². The van der Waals surface area contributed by atoms with Crippen molar-refractivity contribution in [1.82, 2.24) is 15.5 Å². The van der Waals surface area contributed by atoms with Gasteiger partial charge in [-0.25, -0.2) is 4.39 Å². The van der Waals surface area contributed by atoms with Gasteiger partial charge in [-0.05, 0) is 38.9 Å². The zero-order chi connectivity index (χ0) is 19.7. The van der Waals surface area contributed by atoms with E-state index < -0.39 is 0 Å². The molecule has 160 valence electrons. The summed E-state index contributed by atoms with van der Waals surface area (Å²) in [6.45, 7) is 10.3. The first-order valence-corrected chi connectivity index (χ1v) is 9.66. The first-order valence-electron chi connectivity index (χ1n) is 9.66. The molecule has 6 nitrogen and oxygen atoms in total. The largest absolute Gasteiger partial charge is 0.377 e. The van der Waals surface area contributed by atoms with Crippen LogP contribution in [-0.4, -0.2) is 76.4 Å². The van der Waals surface area contributed by atoms with Crippen LogP contribution in [0.15, 0.2) is 29.3 Å². The molecule has 1 aromatic carbocycles. The van der Waals surface area contributed by atoms with Crippen molar-refractivity contribution < 1.29 is 9.13 Å². The van der Waals surface area contributed by atoms with E-state index in [0.717, 1.165) is 51.6 Å². The Morgan fingerprint density at radius 3 is 2.46 bits per heavy atom. The van der Waals surface area contributed by atoms with E-state index in [1.165, 1.54) is 6.07 Å². The molecule has 1 saturated heterocycles. The predicted molar refractivity (Wildman–Crippen MR) is 126 cm³/mol. The first kappa shape index (κ1) is 24.9. The SMILES string of the molecule is CN=C(NCCCN1CCN(c2ccccc2F)CC1)NCC(C)(C)OC.I. The number of benzene rings is 1. The molecule has 0 atom stereocenters. The van der Waals surface area contributed by atoms with Gasteiger partial charge in [-0.2, -0.15) is 0 Å². The Labute approximate surface area is 185 Å². The van der Waals surface area contributed by atoms with Crippen LogP contribution in [0.2, 0.25) is 0 Å². The second kappa shape index (κ2) is 12.4. The molecule has 8 heteroatoms. The van der Waals surface area contributed by atoms with Crippen LogP contribution in [0.4, 0.5) is 10.1 Å². The van der Waals surface area contributed by atoms with Crippen LogP contribution in [0.1, 0.15) is 20.3 Å². The van der Waals surface area contributed by atoms with Crippen molar-refractivity contribution in [3.05, 3.63) is 30.1 Å². The van der Waals surface area contributed by atoms with Crippen molar-refractivity contribution in [3.8, 4) is 0 Å². The van der Waals surface area contributed by atoms with Gasteiger partial charge < -0.3 is 20.3 Å². The topological polar surface area (TPSA) is 52.1 Å². The molecule has 0 radical (unpaired) electrons. The molecule has 28 heavy (non-hydrogen) atoms. The molecule has 0 aliphatic carbocycles. The first-order chi connectivity index (χ1) is 12.9. The zero-order valence-corrected chi connectivity index (χ0v) is 19.8. The second-order valence-corrected chi connectivity index (χ2v) is 7.45. The van der Waals surface area contributed by atoms with Crippen LogP contribution in [0.25, 0.3) is 0 Å². The Hall–Kier alpha value is -1.13. The van der Waals surface area contributed by atoms with E-state index in [1.54, 1.807) is 20.2 Å². The van der Waals surface area contributed by atoms with Gasteiger partial charge in [0.05, 0.1) is 11.3 Å². The molecule has 1 heterocycles. The van der Waals surface area contributed by atoms with Crippen LogP contribution in [-0.2, 0) is 4.74 Å². The van der Waals surface area contributed by atoms with Gasteiger partial charge in [0.2, 0.25) is 0 Å². The summed E-state index contributed by atoms with van der Waals surface area (Å²) in [7, 11) is 3.49. The lowest BCUT2D eigenvalue weighted by Crippen LogP contribution is -2.48. The monoisotopic (exact) mass is 507 g/mol. The summed E-state index contributed by atoms with van der Waals surface area (Å²) in [5.74, 6) is 0.662. The minimum absolute atomic E-state index is 0. The molecule has 1 aromatic rings. The standard InChI is InChI=1S/C20H34FN5O.HI/c1-20(2,27-4)16-24-19(22-3)23-10-7-11-25-12-14-26(15-13-25)18-9-6-5-8-17(18)21;/h5-6,8-9H,7,10-16H2,1-4H3,(H2,22,23,24);1H. The van der Waals surface area contributed by atoms with Crippen LogP contribution >= 0.6 is 24.0 Å². The van der Waals surface area contributed by atoms with E-state index in [9.17, 15) is 4.39 Å². The third kappa shape index (κ3) is 8.08. The average Bonchev–Trinajstić information content (AvgIpc) is 2.68. The number of hydrogen-bond acceptors (Lipinski definition) is 4. The molecular weight excluding hydrogens is 472 g/mol. The molecule has 1 aliphatic rings. The van der Waals surface area contributed by atoms with Crippen LogP contribution in [0.3, 0.4) is 0 Å². The summed E-state index contributed by atoms with van der Waals surface area (Å²) in [4.78, 5) is 8.81. The maximum Gasteiger partial charge on any atom is 0.191 e. The zero-order valence-electron chi connectivity index (χ0n) is 17.5. The van der Waals surface area contributed by atoms with Gasteiger partial charge in [0.1, 0.15) is 5.82 Å². The number of aliphatic imine (C=N–C) groups is 1. The maximum absolute atomic E-state index is 13.9. The van der Waals surface area contributed by atoms with Crippen LogP contribution < -0.4 is 15.5 Å². The Morgan fingerprint density at radius 1 is 1.18 bits per heavy atom. The third-order valence-electron chi connectivity index (χ3n) is 4.97. The summed E-state index contributed by atoms with van der Waals surface area (Å²) in [6, 6.07) is 7.02. The number of nitrogens with zero attached hydrogens (tertiary/aromatic N) is 3. The Kier molecular flexibility index (Phi) is 11.1. The third-order valence-corrected chi connectivity index (χ3v) is 4.97. The summed E-state index contributed by atoms with van der Waals surface area (Å²) in [6.07, 6.45) is 1.04. The van der Waals surface area contributed by atoms with Gasteiger partial charge in [-0.3, -0.25) is 9.89 Å². The van der Waals surface area contributed by atoms with Gasteiger partial charge in [-0.1, -0.05) is 12.1 Å². The maximum atomic E-state index is 13.9. The minimum Gasteiger partial charge on any atom is -0.377 e. The Bertz CT molecular complexity index is 606.